The zero-order valence-electron chi connectivity index (χ0n) is 18.2. The largest absolute Gasteiger partial charge is 0.480 e. The van der Waals surface area contributed by atoms with Crippen molar-refractivity contribution in [2.75, 3.05) is 24.2 Å². The van der Waals surface area contributed by atoms with Crippen LogP contribution in [0.15, 0.2) is 24.5 Å². The smallest absolute Gasteiger partial charge is 0.323 e. The van der Waals surface area contributed by atoms with Gasteiger partial charge in [-0.15, -0.1) is 0 Å². The Balaban J connectivity index is 1.28. The highest BCUT2D eigenvalue weighted by atomic mass is 32.2. The number of hydrogen-bond acceptors (Lipinski definition) is 7. The lowest BCUT2D eigenvalue weighted by molar-refractivity contribution is -0.138. The molecule has 178 valence electrons. The van der Waals surface area contributed by atoms with Gasteiger partial charge in [0.1, 0.15) is 11.9 Å². The van der Waals surface area contributed by atoms with Crippen molar-refractivity contribution < 1.29 is 23.1 Å². The van der Waals surface area contributed by atoms with Gasteiger partial charge in [-0.25, -0.2) is 13.4 Å². The van der Waals surface area contributed by atoms with Crippen LogP contribution in [0.25, 0.3) is 0 Å². The highest BCUT2D eigenvalue weighted by molar-refractivity contribution is 7.89. The number of amides is 1. The summed E-state index contributed by atoms with van der Waals surface area (Å²) in [7, 11) is -3.72. The Morgan fingerprint density at radius 3 is 2.88 bits per heavy atom. The Kier molecular flexibility index (Phi) is 6.94. The molecule has 12 heteroatoms. The maximum absolute atomic E-state index is 12.4. The number of carbonyl (C=O) groups is 2. The molecule has 0 radical (unpaired) electrons. The number of pyridine rings is 1. The Labute approximate surface area is 192 Å². The molecule has 1 amide bonds. The molecule has 1 saturated carbocycles. The number of sulfonamides is 1. The van der Waals surface area contributed by atoms with Gasteiger partial charge in [-0.2, -0.15) is 9.82 Å². The highest BCUT2D eigenvalue weighted by Gasteiger charge is 2.31. The predicted molar refractivity (Wildman–Crippen MR) is 120 cm³/mol. The van der Waals surface area contributed by atoms with Gasteiger partial charge in [-0.05, 0) is 43.2 Å². The number of nitrogens with one attached hydrogen (secondary N) is 3. The van der Waals surface area contributed by atoms with Crippen LogP contribution in [-0.4, -0.2) is 65.0 Å². The lowest BCUT2D eigenvalue weighted by Gasteiger charge is -2.17. The second-order valence-corrected chi connectivity index (χ2v) is 10.3. The van der Waals surface area contributed by atoms with Crippen LogP contribution in [0, 0.1) is 5.92 Å². The first-order valence-corrected chi connectivity index (χ1v) is 12.7. The highest BCUT2D eigenvalue weighted by Crippen LogP contribution is 2.30. The zero-order valence-corrected chi connectivity index (χ0v) is 19.0. The molecule has 1 aliphatic heterocycles. The Hall–Kier alpha value is -2.99. The van der Waals surface area contributed by atoms with Crippen molar-refractivity contribution in [3.8, 4) is 0 Å². The van der Waals surface area contributed by atoms with Crippen LogP contribution in [0.2, 0.25) is 0 Å². The molecule has 0 saturated heterocycles. The number of aryl methyl sites for hydroxylation is 3. The predicted octanol–water partition coefficient (Wildman–Crippen LogP) is 0.391. The molecule has 2 aromatic heterocycles. The summed E-state index contributed by atoms with van der Waals surface area (Å²) < 4.78 is 27.9. The lowest BCUT2D eigenvalue weighted by atomic mass is 10.1. The molecule has 4 rings (SSSR count). The molecule has 1 fully saturated rings. The van der Waals surface area contributed by atoms with Crippen LogP contribution in [0.3, 0.4) is 0 Å². The summed E-state index contributed by atoms with van der Waals surface area (Å²) in [6.07, 6.45) is 7.39. The van der Waals surface area contributed by atoms with Crippen molar-refractivity contribution in [3.63, 3.8) is 0 Å². The summed E-state index contributed by atoms with van der Waals surface area (Å²) in [5.74, 6) is -0.945. The fourth-order valence-electron chi connectivity index (χ4n) is 3.68. The molecule has 0 spiro atoms. The number of fused-ring (bicyclic) bond motifs is 1. The molecule has 3 heterocycles. The third-order valence-corrected chi connectivity index (χ3v) is 7.24. The number of hydrogen-bond donors (Lipinski definition) is 4. The van der Waals surface area contributed by atoms with Gasteiger partial charge < -0.3 is 15.7 Å². The Morgan fingerprint density at radius 2 is 2.12 bits per heavy atom. The summed E-state index contributed by atoms with van der Waals surface area (Å²) in [4.78, 5) is 28.5. The third kappa shape index (κ3) is 6.51. The first-order valence-electron chi connectivity index (χ1n) is 11.1. The van der Waals surface area contributed by atoms with Crippen molar-refractivity contribution >= 4 is 27.7 Å². The second kappa shape index (κ2) is 9.87. The summed E-state index contributed by atoms with van der Waals surface area (Å²) in [6, 6.07) is 2.65. The first kappa shape index (κ1) is 23.2. The number of aromatic nitrogens is 3. The van der Waals surface area contributed by atoms with E-state index in [9.17, 15) is 23.1 Å². The van der Waals surface area contributed by atoms with Crippen LogP contribution >= 0.6 is 0 Å². The monoisotopic (exact) mass is 476 g/mol. The van der Waals surface area contributed by atoms with E-state index in [1.54, 1.807) is 10.9 Å². The quantitative estimate of drug-likeness (QED) is 0.363. The van der Waals surface area contributed by atoms with E-state index in [1.165, 1.54) is 11.8 Å². The van der Waals surface area contributed by atoms with Crippen LogP contribution in [0.4, 0.5) is 5.82 Å². The fourth-order valence-corrected chi connectivity index (χ4v) is 5.34. The van der Waals surface area contributed by atoms with Gasteiger partial charge in [0.25, 0.3) is 5.91 Å². The summed E-state index contributed by atoms with van der Waals surface area (Å²) >= 11 is 0. The number of nitrogens with zero attached hydrogens (tertiary/aromatic N) is 3. The van der Waals surface area contributed by atoms with Gasteiger partial charge >= 0.3 is 5.97 Å². The molecule has 2 aromatic rings. The van der Waals surface area contributed by atoms with Crippen LogP contribution in [-0.2, 0) is 34.2 Å². The minimum Gasteiger partial charge on any atom is -0.480 e. The standard InChI is InChI=1S/C21H28N6O5S/c28-20(23-11-18(21(29)30)26-33(31,32)13-14-3-4-14)16-10-24-27(12-16)9-7-17-6-5-15-2-1-8-22-19(15)25-17/h5-6,10,12,14,18,26H,1-4,7-9,11,13H2,(H,22,25)(H,23,28)(H,29,30). The van der Waals surface area contributed by atoms with Crippen molar-refractivity contribution in [3.05, 3.63) is 41.3 Å². The van der Waals surface area contributed by atoms with E-state index in [1.807, 2.05) is 6.07 Å². The SMILES string of the molecule is O=C(NCC(NS(=O)(=O)CC1CC1)C(=O)O)c1cnn(CCc2ccc3c(n2)NCCC3)c1. The number of aliphatic carboxylic acids is 1. The number of carboxylic acids is 1. The van der Waals surface area contributed by atoms with E-state index in [4.69, 9.17) is 0 Å². The van der Waals surface area contributed by atoms with Crippen molar-refractivity contribution in [1.29, 1.82) is 0 Å². The van der Waals surface area contributed by atoms with E-state index in [0.29, 0.717) is 13.0 Å². The third-order valence-electron chi connectivity index (χ3n) is 5.68. The van der Waals surface area contributed by atoms with E-state index in [-0.39, 0.29) is 23.8 Å². The van der Waals surface area contributed by atoms with E-state index in [2.05, 4.69) is 31.5 Å². The van der Waals surface area contributed by atoms with Gasteiger partial charge in [0.05, 0.1) is 17.5 Å². The van der Waals surface area contributed by atoms with Gasteiger partial charge in [0, 0.05) is 37.9 Å². The summed E-state index contributed by atoms with van der Waals surface area (Å²) in [5.41, 5.74) is 2.41. The number of anilines is 1. The molecule has 2 aliphatic rings. The van der Waals surface area contributed by atoms with Gasteiger partial charge in [-0.3, -0.25) is 14.3 Å². The molecule has 11 nitrogen and oxygen atoms in total. The van der Waals surface area contributed by atoms with Crippen molar-refractivity contribution in [2.45, 2.75) is 44.7 Å². The van der Waals surface area contributed by atoms with Gasteiger partial charge in [0.15, 0.2) is 0 Å². The minimum absolute atomic E-state index is 0.0881. The van der Waals surface area contributed by atoms with Crippen LogP contribution in [0.1, 0.15) is 40.9 Å². The van der Waals surface area contributed by atoms with Crippen LogP contribution in [0.5, 0.6) is 0 Å². The molecule has 1 atom stereocenters. The van der Waals surface area contributed by atoms with Crippen molar-refractivity contribution in [1.82, 2.24) is 24.8 Å². The average Bonchev–Trinajstić information content (AvgIpc) is 3.45. The van der Waals surface area contributed by atoms with Crippen molar-refractivity contribution in [2.24, 2.45) is 5.92 Å². The van der Waals surface area contributed by atoms with E-state index in [0.717, 1.165) is 43.7 Å². The lowest BCUT2D eigenvalue weighted by Crippen LogP contribution is -2.49. The maximum atomic E-state index is 12.4. The zero-order chi connectivity index (χ0) is 23.4. The van der Waals surface area contributed by atoms with E-state index < -0.39 is 27.9 Å². The van der Waals surface area contributed by atoms with Gasteiger partial charge in [0.2, 0.25) is 10.0 Å². The Bertz CT molecular complexity index is 1130. The van der Waals surface area contributed by atoms with Gasteiger partial charge in [-0.1, -0.05) is 6.07 Å². The fraction of sp³-hybridized carbons (Fsp3) is 0.524. The summed E-state index contributed by atoms with van der Waals surface area (Å²) in [5, 5.41) is 19.3. The second-order valence-electron chi connectivity index (χ2n) is 8.53. The summed E-state index contributed by atoms with van der Waals surface area (Å²) in [6.45, 7) is 1.08. The van der Waals surface area contributed by atoms with Crippen LogP contribution < -0.4 is 15.4 Å². The maximum Gasteiger partial charge on any atom is 0.323 e. The average molecular weight is 477 g/mol. The molecular weight excluding hydrogens is 448 g/mol. The number of rotatable bonds is 11. The molecule has 4 N–H and O–H groups in total. The topological polar surface area (TPSA) is 155 Å². The molecule has 1 aliphatic carbocycles. The molecule has 0 bridgehead atoms. The molecule has 33 heavy (non-hydrogen) atoms. The van der Waals surface area contributed by atoms with E-state index >= 15 is 0 Å². The normalized spacial score (nSPS) is 16.5. The molecule has 1 unspecified atom stereocenters. The first-order chi connectivity index (χ1) is 15.8. The molecule has 0 aromatic carbocycles. The molecular formula is C21H28N6O5S. The number of carboxylic acid groups (broad SMARTS) is 1. The minimum atomic E-state index is -3.72. The number of carbonyl (C=O) groups excluding carboxylic acids is 1. The Morgan fingerprint density at radius 1 is 1.30 bits per heavy atom.